The summed E-state index contributed by atoms with van der Waals surface area (Å²) in [5.74, 6) is 0.596. The molecule has 0 aromatic carbocycles. The minimum absolute atomic E-state index is 0.0448. The fourth-order valence-electron chi connectivity index (χ4n) is 2.45. The Labute approximate surface area is 112 Å². The number of anilines is 1. The molecule has 1 saturated carbocycles. The molecule has 1 aliphatic carbocycles. The lowest BCUT2D eigenvalue weighted by Gasteiger charge is -2.26. The van der Waals surface area contributed by atoms with Crippen LogP contribution in [0.3, 0.4) is 0 Å². The molecule has 0 atom stereocenters. The van der Waals surface area contributed by atoms with Gasteiger partial charge in [0.15, 0.2) is 0 Å². The number of hydrogen-bond donors (Lipinski definition) is 2. The zero-order chi connectivity index (χ0) is 13.0. The lowest BCUT2D eigenvalue weighted by molar-refractivity contribution is 0.142. The van der Waals surface area contributed by atoms with Crippen LogP contribution in [0.1, 0.15) is 31.2 Å². The van der Waals surface area contributed by atoms with Crippen LogP contribution in [-0.2, 0) is 0 Å². The molecule has 1 aromatic heterocycles. The predicted octanol–water partition coefficient (Wildman–Crippen LogP) is 2.57. The van der Waals surface area contributed by atoms with E-state index < -0.39 is 0 Å². The maximum atomic E-state index is 9.51. The van der Waals surface area contributed by atoms with E-state index in [2.05, 4.69) is 10.3 Å². The first-order chi connectivity index (χ1) is 8.67. The third-order valence-corrected chi connectivity index (χ3v) is 3.76. The molecule has 0 bridgehead atoms. The van der Waals surface area contributed by atoms with Gasteiger partial charge in [0.25, 0.3) is 0 Å². The molecule has 1 aliphatic rings. The molecular formula is C13H16ClN3O. The van der Waals surface area contributed by atoms with E-state index in [9.17, 15) is 5.11 Å². The van der Waals surface area contributed by atoms with Crippen LogP contribution in [-0.4, -0.2) is 23.2 Å². The SMILES string of the molecule is N#Cc1cc(Cl)nc(NCC2(CO)CCCC2)c1. The average molecular weight is 266 g/mol. The highest BCUT2D eigenvalue weighted by molar-refractivity contribution is 6.29. The van der Waals surface area contributed by atoms with Crippen molar-refractivity contribution in [1.82, 2.24) is 4.98 Å². The second-order valence-corrected chi connectivity index (χ2v) is 5.28. The zero-order valence-electron chi connectivity index (χ0n) is 10.1. The summed E-state index contributed by atoms with van der Waals surface area (Å²) in [6.45, 7) is 0.855. The van der Waals surface area contributed by atoms with E-state index in [4.69, 9.17) is 16.9 Å². The van der Waals surface area contributed by atoms with Gasteiger partial charge in [0.2, 0.25) is 0 Å². The molecule has 1 aromatic rings. The van der Waals surface area contributed by atoms with Crippen LogP contribution < -0.4 is 5.32 Å². The van der Waals surface area contributed by atoms with Gasteiger partial charge in [0.05, 0.1) is 18.2 Å². The quantitative estimate of drug-likeness (QED) is 0.821. The van der Waals surface area contributed by atoms with E-state index in [1.54, 1.807) is 6.07 Å². The first-order valence-corrected chi connectivity index (χ1v) is 6.48. The molecule has 0 aliphatic heterocycles. The molecule has 0 amide bonds. The third-order valence-electron chi connectivity index (χ3n) is 3.57. The summed E-state index contributed by atoms with van der Waals surface area (Å²) in [6, 6.07) is 5.25. The van der Waals surface area contributed by atoms with Crippen molar-refractivity contribution in [2.45, 2.75) is 25.7 Å². The number of pyridine rings is 1. The fourth-order valence-corrected chi connectivity index (χ4v) is 2.65. The van der Waals surface area contributed by atoms with Gasteiger partial charge < -0.3 is 10.4 Å². The maximum absolute atomic E-state index is 9.51. The Hall–Kier alpha value is -1.31. The highest BCUT2D eigenvalue weighted by Gasteiger charge is 2.32. The summed E-state index contributed by atoms with van der Waals surface area (Å²) in [6.07, 6.45) is 4.38. The fraction of sp³-hybridized carbons (Fsp3) is 0.538. The minimum atomic E-state index is -0.0448. The van der Waals surface area contributed by atoms with Crippen LogP contribution in [0.2, 0.25) is 5.15 Å². The number of aliphatic hydroxyl groups is 1. The van der Waals surface area contributed by atoms with Gasteiger partial charge in [-0.1, -0.05) is 24.4 Å². The zero-order valence-corrected chi connectivity index (χ0v) is 10.9. The molecule has 18 heavy (non-hydrogen) atoms. The van der Waals surface area contributed by atoms with Crippen LogP contribution in [0.25, 0.3) is 0 Å². The van der Waals surface area contributed by atoms with E-state index in [0.717, 1.165) is 25.7 Å². The van der Waals surface area contributed by atoms with E-state index in [0.29, 0.717) is 23.1 Å². The largest absolute Gasteiger partial charge is 0.396 e. The van der Waals surface area contributed by atoms with E-state index in [-0.39, 0.29) is 12.0 Å². The van der Waals surface area contributed by atoms with Crippen LogP contribution in [0.5, 0.6) is 0 Å². The van der Waals surface area contributed by atoms with Crippen molar-refractivity contribution < 1.29 is 5.11 Å². The summed E-state index contributed by atoms with van der Waals surface area (Å²) in [5.41, 5.74) is 0.443. The Kier molecular flexibility index (Phi) is 4.05. The number of rotatable bonds is 4. The summed E-state index contributed by atoms with van der Waals surface area (Å²) in [7, 11) is 0. The summed E-state index contributed by atoms with van der Waals surface area (Å²) in [4.78, 5) is 4.13. The van der Waals surface area contributed by atoms with Gasteiger partial charge >= 0.3 is 0 Å². The number of halogens is 1. The van der Waals surface area contributed by atoms with Gasteiger partial charge in [-0.05, 0) is 25.0 Å². The standard InChI is InChI=1S/C13H16ClN3O/c14-11-5-10(7-15)6-12(17-11)16-8-13(9-18)3-1-2-4-13/h5-6,18H,1-4,8-9H2,(H,16,17). The number of nitrogens with zero attached hydrogens (tertiary/aromatic N) is 2. The first-order valence-electron chi connectivity index (χ1n) is 6.10. The molecule has 0 saturated heterocycles. The number of aromatic nitrogens is 1. The second-order valence-electron chi connectivity index (χ2n) is 4.89. The minimum Gasteiger partial charge on any atom is -0.396 e. The average Bonchev–Trinajstić information content (AvgIpc) is 2.85. The van der Waals surface area contributed by atoms with E-state index >= 15 is 0 Å². The normalized spacial score (nSPS) is 17.4. The smallest absolute Gasteiger partial charge is 0.132 e. The van der Waals surface area contributed by atoms with Gasteiger partial charge in [-0.3, -0.25) is 0 Å². The molecule has 2 N–H and O–H groups in total. The van der Waals surface area contributed by atoms with E-state index in [1.165, 1.54) is 6.07 Å². The summed E-state index contributed by atoms with van der Waals surface area (Å²) < 4.78 is 0. The van der Waals surface area contributed by atoms with Gasteiger partial charge in [-0.25, -0.2) is 4.98 Å². The second kappa shape index (κ2) is 5.55. The highest BCUT2D eigenvalue weighted by atomic mass is 35.5. The highest BCUT2D eigenvalue weighted by Crippen LogP contribution is 2.37. The molecule has 0 radical (unpaired) electrons. The van der Waals surface area contributed by atoms with Crippen molar-refractivity contribution in [2.24, 2.45) is 5.41 Å². The Bertz CT molecular complexity index is 464. The summed E-state index contributed by atoms with van der Waals surface area (Å²) >= 11 is 5.84. The Morgan fingerprint density at radius 2 is 2.17 bits per heavy atom. The monoisotopic (exact) mass is 265 g/mol. The van der Waals surface area contributed by atoms with Gasteiger partial charge in [-0.15, -0.1) is 0 Å². The molecule has 5 heteroatoms. The molecule has 2 rings (SSSR count). The Balaban J connectivity index is 2.06. The number of nitriles is 1. The van der Waals surface area contributed by atoms with Gasteiger partial charge in [0, 0.05) is 12.0 Å². The van der Waals surface area contributed by atoms with Crippen LogP contribution >= 0.6 is 11.6 Å². The van der Waals surface area contributed by atoms with Crippen molar-refractivity contribution in [3.05, 3.63) is 22.8 Å². The van der Waals surface area contributed by atoms with Crippen LogP contribution in [0.15, 0.2) is 12.1 Å². The van der Waals surface area contributed by atoms with Gasteiger partial charge in [-0.2, -0.15) is 5.26 Å². The third kappa shape index (κ3) is 2.92. The van der Waals surface area contributed by atoms with Crippen molar-refractivity contribution in [2.75, 3.05) is 18.5 Å². The lowest BCUT2D eigenvalue weighted by Crippen LogP contribution is -2.30. The summed E-state index contributed by atoms with van der Waals surface area (Å²) in [5, 5.41) is 21.9. The van der Waals surface area contributed by atoms with Crippen molar-refractivity contribution in [1.29, 1.82) is 5.26 Å². The lowest BCUT2D eigenvalue weighted by atomic mass is 9.87. The Morgan fingerprint density at radius 1 is 1.44 bits per heavy atom. The van der Waals surface area contributed by atoms with Gasteiger partial charge in [0.1, 0.15) is 11.0 Å². The van der Waals surface area contributed by atoms with E-state index in [1.807, 2.05) is 6.07 Å². The molecule has 0 unspecified atom stereocenters. The number of nitrogens with one attached hydrogen (secondary N) is 1. The molecule has 0 spiro atoms. The molecule has 96 valence electrons. The first kappa shape index (κ1) is 13.1. The predicted molar refractivity (Wildman–Crippen MR) is 70.4 cm³/mol. The molecule has 1 heterocycles. The molecule has 1 fully saturated rings. The van der Waals surface area contributed by atoms with Crippen molar-refractivity contribution >= 4 is 17.4 Å². The number of aliphatic hydroxyl groups excluding tert-OH is 1. The number of hydrogen-bond acceptors (Lipinski definition) is 4. The van der Waals surface area contributed by atoms with Crippen molar-refractivity contribution in [3.63, 3.8) is 0 Å². The van der Waals surface area contributed by atoms with Crippen LogP contribution in [0.4, 0.5) is 5.82 Å². The topological polar surface area (TPSA) is 68.9 Å². The molecule has 4 nitrogen and oxygen atoms in total. The maximum Gasteiger partial charge on any atom is 0.132 e. The van der Waals surface area contributed by atoms with Crippen molar-refractivity contribution in [3.8, 4) is 6.07 Å². The van der Waals surface area contributed by atoms with Crippen LogP contribution in [0, 0.1) is 16.7 Å². The Morgan fingerprint density at radius 3 is 2.78 bits per heavy atom. The molecular weight excluding hydrogens is 250 g/mol.